The molecule has 0 radical (unpaired) electrons. The maximum Gasteiger partial charge on any atom is 0.317 e. The number of morpholine rings is 1. The molecule has 130 valence electrons. The van der Waals surface area contributed by atoms with Crippen molar-refractivity contribution in [1.29, 1.82) is 0 Å². The van der Waals surface area contributed by atoms with Crippen molar-refractivity contribution in [3.05, 3.63) is 0 Å². The second-order valence-corrected chi connectivity index (χ2v) is 6.98. The van der Waals surface area contributed by atoms with E-state index in [2.05, 4.69) is 5.32 Å². The number of nitrogens with zero attached hydrogens (tertiary/aromatic N) is 2. The number of hydrogen-bond acceptors (Lipinski definition) is 3. The highest BCUT2D eigenvalue weighted by Crippen LogP contribution is 2.22. The van der Waals surface area contributed by atoms with Crippen LogP contribution in [0.15, 0.2) is 0 Å². The van der Waals surface area contributed by atoms with Crippen molar-refractivity contribution in [2.24, 2.45) is 5.92 Å². The summed E-state index contributed by atoms with van der Waals surface area (Å²) in [7, 11) is 0. The van der Waals surface area contributed by atoms with Crippen LogP contribution in [-0.4, -0.2) is 67.2 Å². The first-order chi connectivity index (χ1) is 11.2. The summed E-state index contributed by atoms with van der Waals surface area (Å²) in [5.41, 5.74) is 0. The van der Waals surface area contributed by atoms with Crippen LogP contribution in [0.25, 0.3) is 0 Å². The van der Waals surface area contributed by atoms with Gasteiger partial charge in [0, 0.05) is 38.1 Å². The Morgan fingerprint density at radius 2 is 1.48 bits per heavy atom. The van der Waals surface area contributed by atoms with Crippen molar-refractivity contribution in [1.82, 2.24) is 15.1 Å². The van der Waals surface area contributed by atoms with Gasteiger partial charge in [-0.1, -0.05) is 19.3 Å². The fourth-order valence-corrected chi connectivity index (χ4v) is 3.88. The molecule has 2 aliphatic heterocycles. The number of ether oxygens (including phenoxy) is 1. The number of rotatable bonds is 2. The predicted octanol–water partition coefficient (Wildman–Crippen LogP) is 1.60. The zero-order valence-corrected chi connectivity index (χ0v) is 14.0. The SMILES string of the molecule is O=C(NC1CCCCC1)N1CCC(C(=O)N2CCOCC2)CC1. The molecule has 6 nitrogen and oxygen atoms in total. The van der Waals surface area contributed by atoms with Crippen molar-refractivity contribution < 1.29 is 14.3 Å². The molecule has 0 bridgehead atoms. The van der Waals surface area contributed by atoms with E-state index in [0.29, 0.717) is 45.4 Å². The van der Waals surface area contributed by atoms with Crippen LogP contribution in [0, 0.1) is 5.92 Å². The molecule has 0 unspecified atom stereocenters. The minimum atomic E-state index is 0.0640. The van der Waals surface area contributed by atoms with Gasteiger partial charge in [-0.15, -0.1) is 0 Å². The van der Waals surface area contributed by atoms with Crippen molar-refractivity contribution >= 4 is 11.9 Å². The molecule has 3 amide bonds. The molecule has 0 atom stereocenters. The van der Waals surface area contributed by atoms with E-state index in [1.54, 1.807) is 0 Å². The number of nitrogens with one attached hydrogen (secondary N) is 1. The van der Waals surface area contributed by atoms with E-state index >= 15 is 0 Å². The maximum absolute atomic E-state index is 12.5. The van der Waals surface area contributed by atoms with Crippen LogP contribution in [-0.2, 0) is 9.53 Å². The Labute approximate surface area is 138 Å². The second-order valence-electron chi connectivity index (χ2n) is 6.98. The lowest BCUT2D eigenvalue weighted by atomic mass is 9.94. The van der Waals surface area contributed by atoms with Crippen LogP contribution in [0.4, 0.5) is 4.79 Å². The van der Waals surface area contributed by atoms with Crippen LogP contribution in [0.2, 0.25) is 0 Å². The van der Waals surface area contributed by atoms with Crippen LogP contribution in [0.5, 0.6) is 0 Å². The molecule has 1 aliphatic carbocycles. The molecule has 0 aromatic carbocycles. The van der Waals surface area contributed by atoms with E-state index in [1.165, 1.54) is 19.3 Å². The minimum Gasteiger partial charge on any atom is -0.378 e. The van der Waals surface area contributed by atoms with Gasteiger partial charge in [-0.05, 0) is 25.7 Å². The average molecular weight is 323 g/mol. The van der Waals surface area contributed by atoms with Crippen molar-refractivity contribution in [2.45, 2.75) is 51.0 Å². The summed E-state index contributed by atoms with van der Waals surface area (Å²) in [5, 5.41) is 3.17. The molecule has 0 spiro atoms. The number of carbonyl (C=O) groups is 2. The normalized spacial score (nSPS) is 24.5. The van der Waals surface area contributed by atoms with E-state index in [9.17, 15) is 9.59 Å². The molecule has 6 heteroatoms. The van der Waals surface area contributed by atoms with Gasteiger partial charge < -0.3 is 19.9 Å². The van der Waals surface area contributed by atoms with Gasteiger partial charge in [0.25, 0.3) is 0 Å². The third kappa shape index (κ3) is 4.37. The number of carbonyl (C=O) groups excluding carboxylic acids is 2. The van der Waals surface area contributed by atoms with Crippen LogP contribution in [0.3, 0.4) is 0 Å². The Morgan fingerprint density at radius 3 is 2.13 bits per heavy atom. The van der Waals surface area contributed by atoms with E-state index in [4.69, 9.17) is 4.74 Å². The van der Waals surface area contributed by atoms with Gasteiger partial charge in [0.1, 0.15) is 0 Å². The minimum absolute atomic E-state index is 0.0640. The Balaban J connectivity index is 1.42. The Morgan fingerprint density at radius 1 is 0.826 bits per heavy atom. The van der Waals surface area contributed by atoms with Gasteiger partial charge >= 0.3 is 6.03 Å². The Bertz CT molecular complexity index is 409. The first-order valence-corrected chi connectivity index (χ1v) is 9.16. The molecular weight excluding hydrogens is 294 g/mol. The lowest BCUT2D eigenvalue weighted by Gasteiger charge is -2.36. The molecule has 3 rings (SSSR count). The monoisotopic (exact) mass is 323 g/mol. The zero-order valence-electron chi connectivity index (χ0n) is 14.0. The number of urea groups is 1. The highest BCUT2D eigenvalue weighted by atomic mass is 16.5. The van der Waals surface area contributed by atoms with Crippen LogP contribution < -0.4 is 5.32 Å². The number of piperidine rings is 1. The summed E-state index contributed by atoms with van der Waals surface area (Å²) in [6.45, 7) is 4.10. The first-order valence-electron chi connectivity index (χ1n) is 9.16. The summed E-state index contributed by atoms with van der Waals surface area (Å²) >= 11 is 0. The first kappa shape index (κ1) is 16.6. The highest BCUT2D eigenvalue weighted by molar-refractivity contribution is 5.80. The van der Waals surface area contributed by atoms with Gasteiger partial charge in [-0.25, -0.2) is 4.79 Å². The highest BCUT2D eigenvalue weighted by Gasteiger charge is 2.31. The molecule has 23 heavy (non-hydrogen) atoms. The summed E-state index contributed by atoms with van der Waals surface area (Å²) in [6, 6.07) is 0.415. The molecule has 2 heterocycles. The van der Waals surface area contributed by atoms with E-state index in [1.807, 2.05) is 9.80 Å². The molecule has 0 aromatic rings. The molecule has 3 fully saturated rings. The second kappa shape index (κ2) is 7.99. The molecule has 2 saturated heterocycles. The fourth-order valence-electron chi connectivity index (χ4n) is 3.88. The van der Waals surface area contributed by atoms with E-state index < -0.39 is 0 Å². The molecule has 3 aliphatic rings. The van der Waals surface area contributed by atoms with Gasteiger partial charge in [-0.2, -0.15) is 0 Å². The van der Waals surface area contributed by atoms with Crippen molar-refractivity contribution in [3.8, 4) is 0 Å². The van der Waals surface area contributed by atoms with Gasteiger partial charge in [0.05, 0.1) is 13.2 Å². The lowest BCUT2D eigenvalue weighted by Crippen LogP contribution is -2.51. The topological polar surface area (TPSA) is 61.9 Å². The Hall–Kier alpha value is -1.30. The van der Waals surface area contributed by atoms with Crippen molar-refractivity contribution in [2.75, 3.05) is 39.4 Å². The van der Waals surface area contributed by atoms with Gasteiger partial charge in [0.15, 0.2) is 0 Å². The maximum atomic E-state index is 12.5. The fraction of sp³-hybridized carbons (Fsp3) is 0.882. The Kier molecular flexibility index (Phi) is 5.75. The third-order valence-corrected chi connectivity index (χ3v) is 5.39. The number of likely N-dealkylation sites (tertiary alicyclic amines) is 1. The number of hydrogen-bond donors (Lipinski definition) is 1. The standard InChI is InChI=1S/C17H29N3O3/c21-16(19-10-12-23-13-11-19)14-6-8-20(9-7-14)17(22)18-15-4-2-1-3-5-15/h14-15H,1-13H2,(H,18,22). The quantitative estimate of drug-likeness (QED) is 0.839. The van der Waals surface area contributed by atoms with E-state index in [0.717, 1.165) is 25.7 Å². The lowest BCUT2D eigenvalue weighted by molar-refractivity contribution is -0.141. The molecule has 1 saturated carbocycles. The zero-order chi connectivity index (χ0) is 16.1. The van der Waals surface area contributed by atoms with Crippen LogP contribution >= 0.6 is 0 Å². The molecular formula is C17H29N3O3. The summed E-state index contributed by atoms with van der Waals surface area (Å²) in [4.78, 5) is 28.7. The molecule has 0 aromatic heterocycles. The number of amides is 3. The summed E-state index contributed by atoms with van der Waals surface area (Å²) in [6.07, 6.45) is 7.53. The predicted molar refractivity (Wildman–Crippen MR) is 87.1 cm³/mol. The van der Waals surface area contributed by atoms with E-state index in [-0.39, 0.29) is 17.9 Å². The molecule has 1 N–H and O–H groups in total. The van der Waals surface area contributed by atoms with Gasteiger partial charge in [-0.3, -0.25) is 4.79 Å². The largest absolute Gasteiger partial charge is 0.378 e. The van der Waals surface area contributed by atoms with Crippen LogP contribution in [0.1, 0.15) is 44.9 Å². The summed E-state index contributed by atoms with van der Waals surface area (Å²) in [5.74, 6) is 0.326. The third-order valence-electron chi connectivity index (χ3n) is 5.39. The van der Waals surface area contributed by atoms with Gasteiger partial charge in [0.2, 0.25) is 5.91 Å². The summed E-state index contributed by atoms with van der Waals surface area (Å²) < 4.78 is 5.30. The smallest absolute Gasteiger partial charge is 0.317 e. The average Bonchev–Trinajstić information content (AvgIpc) is 2.63. The van der Waals surface area contributed by atoms with Crippen molar-refractivity contribution in [3.63, 3.8) is 0 Å².